The third kappa shape index (κ3) is 2.83. The Labute approximate surface area is 164 Å². The number of hydrogen-bond donors (Lipinski definition) is 0. The van der Waals surface area contributed by atoms with Crippen molar-refractivity contribution < 1.29 is 23.7 Å². The topological polar surface area (TPSA) is 46.2 Å². The largest absolute Gasteiger partial charge is 0.380 e. The van der Waals surface area contributed by atoms with Crippen molar-refractivity contribution in [1.29, 1.82) is 0 Å². The fourth-order valence-electron chi connectivity index (χ4n) is 5.63. The second-order valence-electron chi connectivity index (χ2n) is 9.73. The number of ether oxygens (including phenoxy) is 5. The zero-order chi connectivity index (χ0) is 19.2. The van der Waals surface area contributed by atoms with Gasteiger partial charge in [0.05, 0.1) is 65.1 Å². The molecule has 4 aliphatic heterocycles. The molecule has 27 heavy (non-hydrogen) atoms. The van der Waals surface area contributed by atoms with Crippen molar-refractivity contribution in [3.8, 4) is 0 Å². The molecule has 4 heterocycles. The van der Waals surface area contributed by atoms with Crippen molar-refractivity contribution in [3.05, 3.63) is 0 Å². The highest BCUT2D eigenvalue weighted by Crippen LogP contribution is 2.55. The van der Waals surface area contributed by atoms with Gasteiger partial charge in [-0.15, -0.1) is 0 Å². The summed E-state index contributed by atoms with van der Waals surface area (Å²) < 4.78 is 30.3. The fraction of sp³-hybridized carbons (Fsp3) is 1.00. The van der Waals surface area contributed by atoms with E-state index in [9.17, 15) is 0 Å². The molecule has 0 amide bonds. The second kappa shape index (κ2) is 7.24. The molecule has 0 spiro atoms. The fourth-order valence-corrected chi connectivity index (χ4v) is 5.63. The molecule has 5 heteroatoms. The monoisotopic (exact) mass is 382 g/mol. The first-order valence-electron chi connectivity index (χ1n) is 11.0. The third-order valence-electron chi connectivity index (χ3n) is 8.43. The summed E-state index contributed by atoms with van der Waals surface area (Å²) in [6, 6.07) is 0. The smallest absolute Gasteiger partial charge is 0.0780 e. The molecule has 0 saturated carbocycles. The lowest BCUT2D eigenvalue weighted by atomic mass is 9.60. The van der Waals surface area contributed by atoms with Gasteiger partial charge < -0.3 is 23.7 Å². The van der Waals surface area contributed by atoms with Crippen LogP contribution >= 0.6 is 0 Å². The van der Waals surface area contributed by atoms with Gasteiger partial charge in [0, 0.05) is 21.7 Å². The van der Waals surface area contributed by atoms with Crippen LogP contribution in [0.1, 0.15) is 53.4 Å². The average molecular weight is 383 g/mol. The molecule has 4 fully saturated rings. The van der Waals surface area contributed by atoms with Gasteiger partial charge in [-0.1, -0.05) is 27.7 Å². The quantitative estimate of drug-likeness (QED) is 0.579. The van der Waals surface area contributed by atoms with Crippen LogP contribution in [-0.2, 0) is 23.7 Å². The molecule has 0 N–H and O–H groups in total. The standard InChI is InChI=1S/C22H38O5/c1-5-19(9-23-10-19)17(20(6-2)11-24-12-20)27-18(21(7-3)13-25-14-21)22(8-4)15-26-16-22/h17-18H,5-16H2,1-4H3. The van der Waals surface area contributed by atoms with Crippen LogP contribution in [0.15, 0.2) is 0 Å². The van der Waals surface area contributed by atoms with Gasteiger partial charge in [0.25, 0.3) is 0 Å². The molecule has 0 atom stereocenters. The molecule has 4 aliphatic rings. The molecule has 0 unspecified atom stereocenters. The Hall–Kier alpha value is -0.200. The lowest BCUT2D eigenvalue weighted by molar-refractivity contribution is -0.341. The minimum Gasteiger partial charge on any atom is -0.380 e. The van der Waals surface area contributed by atoms with E-state index in [1.807, 2.05) is 0 Å². The van der Waals surface area contributed by atoms with E-state index in [1.54, 1.807) is 0 Å². The summed E-state index contributed by atoms with van der Waals surface area (Å²) in [5.41, 5.74) is 0.489. The van der Waals surface area contributed by atoms with Crippen LogP contribution in [0, 0.1) is 21.7 Å². The SMILES string of the molecule is CCC1(C(OC(C2(CC)COC2)C2(CC)COC2)C2(CC)COC2)COC1. The van der Waals surface area contributed by atoms with Crippen molar-refractivity contribution in [2.45, 2.75) is 65.6 Å². The van der Waals surface area contributed by atoms with Crippen LogP contribution in [0.3, 0.4) is 0 Å². The van der Waals surface area contributed by atoms with Crippen molar-refractivity contribution in [2.24, 2.45) is 21.7 Å². The summed E-state index contributed by atoms with van der Waals surface area (Å²) in [6.45, 7) is 15.7. The molecule has 4 rings (SSSR count). The summed E-state index contributed by atoms with van der Waals surface area (Å²) >= 11 is 0. The highest BCUT2D eigenvalue weighted by molar-refractivity contribution is 5.09. The minimum absolute atomic E-state index is 0.122. The second-order valence-corrected chi connectivity index (χ2v) is 9.73. The number of hydrogen-bond acceptors (Lipinski definition) is 5. The lowest BCUT2D eigenvalue weighted by Crippen LogP contribution is -2.70. The molecule has 156 valence electrons. The summed E-state index contributed by atoms with van der Waals surface area (Å²) in [6.07, 6.45) is 4.74. The van der Waals surface area contributed by atoms with Crippen molar-refractivity contribution >= 4 is 0 Å². The number of rotatable bonds is 10. The van der Waals surface area contributed by atoms with Crippen LogP contribution in [0.5, 0.6) is 0 Å². The van der Waals surface area contributed by atoms with Crippen LogP contribution in [0.4, 0.5) is 0 Å². The Kier molecular flexibility index (Phi) is 5.39. The van der Waals surface area contributed by atoms with E-state index < -0.39 is 0 Å². The van der Waals surface area contributed by atoms with Crippen LogP contribution in [0.25, 0.3) is 0 Å². The van der Waals surface area contributed by atoms with Gasteiger partial charge in [-0.25, -0.2) is 0 Å². The van der Waals surface area contributed by atoms with Gasteiger partial charge >= 0.3 is 0 Å². The van der Waals surface area contributed by atoms with Gasteiger partial charge in [-0.3, -0.25) is 0 Å². The summed E-state index contributed by atoms with van der Waals surface area (Å²) in [4.78, 5) is 0. The lowest BCUT2D eigenvalue weighted by Gasteiger charge is -2.63. The molecule has 0 radical (unpaired) electrons. The van der Waals surface area contributed by atoms with Crippen LogP contribution in [-0.4, -0.2) is 65.1 Å². The van der Waals surface area contributed by atoms with Gasteiger partial charge in [0.15, 0.2) is 0 Å². The molecular weight excluding hydrogens is 344 g/mol. The Morgan fingerprint density at radius 1 is 0.519 bits per heavy atom. The molecule has 0 aliphatic carbocycles. The Balaban J connectivity index is 1.68. The zero-order valence-electron chi connectivity index (χ0n) is 17.7. The summed E-state index contributed by atoms with van der Waals surface area (Å²) in [5.74, 6) is 0. The predicted octanol–water partition coefficient (Wildman–Crippen LogP) is 3.45. The zero-order valence-corrected chi connectivity index (χ0v) is 17.7. The Morgan fingerprint density at radius 3 is 0.852 bits per heavy atom. The predicted molar refractivity (Wildman–Crippen MR) is 103 cm³/mol. The van der Waals surface area contributed by atoms with Crippen molar-refractivity contribution in [1.82, 2.24) is 0 Å². The molecule has 0 aromatic rings. The van der Waals surface area contributed by atoms with Gasteiger partial charge in [-0.05, 0) is 25.7 Å². The van der Waals surface area contributed by atoms with Crippen molar-refractivity contribution in [2.75, 3.05) is 52.9 Å². The molecule has 0 aromatic heterocycles. The maximum Gasteiger partial charge on any atom is 0.0780 e. The molecule has 0 bridgehead atoms. The van der Waals surface area contributed by atoms with E-state index >= 15 is 0 Å². The van der Waals surface area contributed by atoms with E-state index in [2.05, 4.69) is 27.7 Å². The van der Waals surface area contributed by atoms with E-state index in [4.69, 9.17) is 23.7 Å². The van der Waals surface area contributed by atoms with E-state index in [0.29, 0.717) is 0 Å². The summed E-state index contributed by atoms with van der Waals surface area (Å²) in [7, 11) is 0. The summed E-state index contributed by atoms with van der Waals surface area (Å²) in [5, 5.41) is 0. The van der Waals surface area contributed by atoms with Gasteiger partial charge in [0.1, 0.15) is 0 Å². The minimum atomic E-state index is 0.122. The first-order chi connectivity index (χ1) is 13.0. The first kappa shape index (κ1) is 20.1. The Morgan fingerprint density at radius 2 is 0.741 bits per heavy atom. The van der Waals surface area contributed by atoms with Crippen molar-refractivity contribution in [3.63, 3.8) is 0 Å². The third-order valence-corrected chi connectivity index (χ3v) is 8.43. The molecule has 4 saturated heterocycles. The first-order valence-corrected chi connectivity index (χ1v) is 11.0. The van der Waals surface area contributed by atoms with Crippen LogP contribution < -0.4 is 0 Å². The average Bonchev–Trinajstić information content (AvgIpc) is 2.52. The molecular formula is C22H38O5. The highest BCUT2D eigenvalue weighted by Gasteiger charge is 2.63. The van der Waals surface area contributed by atoms with Gasteiger partial charge in [-0.2, -0.15) is 0 Å². The highest BCUT2D eigenvalue weighted by atomic mass is 16.6. The normalized spacial score (nSPS) is 29.6. The molecule has 0 aromatic carbocycles. The maximum atomic E-state index is 7.32. The Bertz CT molecular complexity index is 405. The van der Waals surface area contributed by atoms with E-state index in [-0.39, 0.29) is 33.9 Å². The molecule has 5 nitrogen and oxygen atoms in total. The van der Waals surface area contributed by atoms with E-state index in [0.717, 1.165) is 78.5 Å². The van der Waals surface area contributed by atoms with Crippen LogP contribution in [0.2, 0.25) is 0 Å². The van der Waals surface area contributed by atoms with E-state index in [1.165, 1.54) is 0 Å². The van der Waals surface area contributed by atoms with Gasteiger partial charge in [0.2, 0.25) is 0 Å². The maximum absolute atomic E-state index is 7.32.